The topological polar surface area (TPSA) is 46.5 Å². The van der Waals surface area contributed by atoms with Crippen LogP contribution in [0.4, 0.5) is 11.4 Å². The molecule has 0 atom stereocenters. The van der Waals surface area contributed by atoms with E-state index in [0.29, 0.717) is 11.8 Å². The van der Waals surface area contributed by atoms with Crippen LogP contribution in [0.5, 0.6) is 5.88 Å². The van der Waals surface area contributed by atoms with E-state index in [4.69, 9.17) is 9.73 Å². The quantitative estimate of drug-likeness (QED) is 0.753. The molecular weight excluding hydrogens is 334 g/mol. The highest BCUT2D eigenvalue weighted by molar-refractivity contribution is 6.09. The van der Waals surface area contributed by atoms with Crippen molar-refractivity contribution in [3.8, 4) is 5.88 Å². The molecule has 0 spiro atoms. The zero-order chi connectivity index (χ0) is 19.0. The summed E-state index contributed by atoms with van der Waals surface area (Å²) in [5.41, 5.74) is 5.66. The molecular formula is C23H29N3O. The molecule has 0 radical (unpaired) electrons. The number of nitrogens with one attached hydrogen (secondary N) is 1. The van der Waals surface area contributed by atoms with Crippen LogP contribution in [-0.2, 0) is 0 Å². The summed E-state index contributed by atoms with van der Waals surface area (Å²) in [5.74, 6) is 1.32. The van der Waals surface area contributed by atoms with Crippen LogP contribution in [0.25, 0.3) is 0 Å². The second-order valence-corrected chi connectivity index (χ2v) is 8.24. The number of benzene rings is 1. The van der Waals surface area contributed by atoms with Crippen molar-refractivity contribution in [1.29, 1.82) is 0 Å². The first-order valence-corrected chi connectivity index (χ1v) is 10.1. The third-order valence-corrected chi connectivity index (χ3v) is 5.76. The Bertz CT molecular complexity index is 862. The summed E-state index contributed by atoms with van der Waals surface area (Å²) in [5, 5.41) is 3.22. The highest BCUT2D eigenvalue weighted by Crippen LogP contribution is 2.42. The smallest absolute Gasteiger partial charge is 0.243 e. The minimum atomic E-state index is -0.523. The normalized spacial score (nSPS) is 19.0. The van der Waals surface area contributed by atoms with Crippen molar-refractivity contribution in [2.24, 2.45) is 4.99 Å². The third kappa shape index (κ3) is 3.45. The van der Waals surface area contributed by atoms with Crippen LogP contribution in [0.3, 0.4) is 0 Å². The number of aryl methyl sites for hydroxylation is 1. The van der Waals surface area contributed by atoms with E-state index in [-0.39, 0.29) is 0 Å². The van der Waals surface area contributed by atoms with Gasteiger partial charge in [-0.15, -0.1) is 0 Å². The molecule has 0 unspecified atom stereocenters. The first kappa shape index (κ1) is 18.0. The van der Waals surface area contributed by atoms with Gasteiger partial charge in [0.2, 0.25) is 5.88 Å². The molecule has 27 heavy (non-hydrogen) atoms. The Morgan fingerprint density at radius 3 is 2.44 bits per heavy atom. The molecule has 2 aliphatic rings. The highest BCUT2D eigenvalue weighted by Gasteiger charge is 2.35. The lowest BCUT2D eigenvalue weighted by Crippen LogP contribution is -2.41. The van der Waals surface area contributed by atoms with Crippen LogP contribution >= 0.6 is 0 Å². The van der Waals surface area contributed by atoms with Crippen molar-refractivity contribution < 1.29 is 4.74 Å². The van der Waals surface area contributed by atoms with Crippen molar-refractivity contribution in [3.63, 3.8) is 0 Å². The molecule has 1 aromatic heterocycles. The molecule has 1 aliphatic carbocycles. The average molecular weight is 364 g/mol. The number of aliphatic imine (C=N–C) groups is 1. The number of aromatic nitrogens is 1. The Morgan fingerprint density at radius 1 is 1.07 bits per heavy atom. The molecule has 1 saturated carbocycles. The third-order valence-electron chi connectivity index (χ3n) is 5.76. The molecule has 4 heteroatoms. The van der Waals surface area contributed by atoms with Crippen molar-refractivity contribution in [2.45, 2.75) is 64.4 Å². The van der Waals surface area contributed by atoms with Crippen LogP contribution < -0.4 is 10.1 Å². The van der Waals surface area contributed by atoms with Gasteiger partial charge in [0.1, 0.15) is 11.3 Å². The van der Waals surface area contributed by atoms with Gasteiger partial charge in [-0.2, -0.15) is 0 Å². The predicted octanol–water partition coefficient (Wildman–Crippen LogP) is 5.77. The summed E-state index contributed by atoms with van der Waals surface area (Å²) in [4.78, 5) is 9.54. The Hall–Kier alpha value is -2.36. The molecule has 0 bridgehead atoms. The van der Waals surface area contributed by atoms with Gasteiger partial charge in [-0.25, -0.2) is 9.98 Å². The molecule has 0 amide bonds. The lowest BCUT2D eigenvalue weighted by atomic mass is 9.83. The van der Waals surface area contributed by atoms with E-state index in [0.717, 1.165) is 28.3 Å². The average Bonchev–Trinajstić information content (AvgIpc) is 2.67. The van der Waals surface area contributed by atoms with Gasteiger partial charge in [-0.3, -0.25) is 0 Å². The lowest BCUT2D eigenvalue weighted by Gasteiger charge is -2.33. The van der Waals surface area contributed by atoms with Crippen LogP contribution in [0, 0.1) is 6.92 Å². The Kier molecular flexibility index (Phi) is 4.67. The fraction of sp³-hybridized carbons (Fsp3) is 0.478. The molecule has 1 N–H and O–H groups in total. The molecule has 0 saturated heterocycles. The van der Waals surface area contributed by atoms with E-state index in [2.05, 4.69) is 48.4 Å². The van der Waals surface area contributed by atoms with Crippen LogP contribution in [0.1, 0.15) is 68.7 Å². The van der Waals surface area contributed by atoms with Gasteiger partial charge in [0.25, 0.3) is 0 Å². The summed E-state index contributed by atoms with van der Waals surface area (Å²) in [6.45, 7) is 6.10. The van der Waals surface area contributed by atoms with E-state index in [1.807, 2.05) is 20.0 Å². The van der Waals surface area contributed by atoms with Gasteiger partial charge >= 0.3 is 0 Å². The van der Waals surface area contributed by atoms with Gasteiger partial charge < -0.3 is 10.1 Å². The molecule has 1 fully saturated rings. The maximum absolute atomic E-state index is 6.27. The Balaban J connectivity index is 1.71. The van der Waals surface area contributed by atoms with E-state index in [1.54, 1.807) is 0 Å². The first-order chi connectivity index (χ1) is 13.0. The van der Waals surface area contributed by atoms with Crippen molar-refractivity contribution in [3.05, 3.63) is 47.2 Å². The molecule has 2 aromatic rings. The Labute approximate surface area is 162 Å². The summed E-state index contributed by atoms with van der Waals surface area (Å²) < 4.78 is 6.27. The van der Waals surface area contributed by atoms with Crippen molar-refractivity contribution in [1.82, 2.24) is 4.98 Å². The summed E-state index contributed by atoms with van der Waals surface area (Å²) in [6.07, 6.45) is 6.74. The molecule has 4 nitrogen and oxygen atoms in total. The van der Waals surface area contributed by atoms with E-state index >= 15 is 0 Å². The molecule has 4 rings (SSSR count). The number of anilines is 1. The largest absolute Gasteiger partial charge is 0.463 e. The molecule has 1 aliphatic heterocycles. The summed E-state index contributed by atoms with van der Waals surface area (Å²) in [6, 6.07) is 11.0. The van der Waals surface area contributed by atoms with Crippen molar-refractivity contribution in [2.75, 3.05) is 12.4 Å². The second kappa shape index (κ2) is 6.99. The summed E-state index contributed by atoms with van der Waals surface area (Å²) in [7, 11) is 1.91. The zero-order valence-corrected chi connectivity index (χ0v) is 16.8. The number of ether oxygens (including phenoxy) is 1. The maximum atomic E-state index is 6.27. The van der Waals surface area contributed by atoms with Crippen LogP contribution in [0.15, 0.2) is 35.3 Å². The van der Waals surface area contributed by atoms with Gasteiger partial charge in [0.05, 0.1) is 11.4 Å². The first-order valence-electron chi connectivity index (χ1n) is 10.1. The standard InChI is InChI=1S/C23H29N3O/c1-15-14-19(24-4)20-22(25-15)27-23(2,3)21(26-20)18-12-10-17(11-13-18)16-8-6-5-7-9-16/h10-14,16H,5-9H2,1-4H3,(H,24,25). The molecule has 2 heterocycles. The number of rotatable bonds is 3. The van der Waals surface area contributed by atoms with E-state index in [9.17, 15) is 0 Å². The number of pyridine rings is 1. The number of hydrogen-bond acceptors (Lipinski definition) is 4. The minimum Gasteiger partial charge on any atom is -0.463 e. The predicted molar refractivity (Wildman–Crippen MR) is 112 cm³/mol. The van der Waals surface area contributed by atoms with Gasteiger partial charge in [0.15, 0.2) is 0 Å². The second-order valence-electron chi connectivity index (χ2n) is 8.24. The van der Waals surface area contributed by atoms with Crippen molar-refractivity contribution >= 4 is 17.1 Å². The summed E-state index contributed by atoms with van der Waals surface area (Å²) >= 11 is 0. The lowest BCUT2D eigenvalue weighted by molar-refractivity contribution is 0.171. The molecule has 1 aromatic carbocycles. The van der Waals surface area contributed by atoms with Gasteiger partial charge in [-0.1, -0.05) is 43.5 Å². The number of fused-ring (bicyclic) bond motifs is 1. The fourth-order valence-electron chi connectivity index (χ4n) is 4.31. The van der Waals surface area contributed by atoms with Gasteiger partial charge in [0, 0.05) is 18.3 Å². The Morgan fingerprint density at radius 2 is 1.78 bits per heavy atom. The number of nitrogens with zero attached hydrogens (tertiary/aromatic N) is 2. The van der Waals surface area contributed by atoms with Crippen LogP contribution in [-0.4, -0.2) is 23.3 Å². The van der Waals surface area contributed by atoms with E-state index < -0.39 is 5.60 Å². The zero-order valence-electron chi connectivity index (χ0n) is 16.8. The van der Waals surface area contributed by atoms with E-state index in [1.165, 1.54) is 37.7 Å². The SMILES string of the molecule is CNc1cc(C)nc2c1N=C(c1ccc(C3CCCCC3)cc1)C(C)(C)O2. The molecule has 142 valence electrons. The fourth-order valence-corrected chi connectivity index (χ4v) is 4.31. The highest BCUT2D eigenvalue weighted by atomic mass is 16.5. The van der Waals surface area contributed by atoms with Crippen LogP contribution in [0.2, 0.25) is 0 Å². The maximum Gasteiger partial charge on any atom is 0.243 e. The van der Waals surface area contributed by atoms with Gasteiger partial charge in [-0.05, 0) is 51.2 Å². The monoisotopic (exact) mass is 363 g/mol. The number of hydrogen-bond donors (Lipinski definition) is 1. The minimum absolute atomic E-state index is 0.523.